The summed E-state index contributed by atoms with van der Waals surface area (Å²) in [7, 11) is 0. The number of aliphatic hydroxyl groups is 1. The summed E-state index contributed by atoms with van der Waals surface area (Å²) in [4.78, 5) is 24.6. The lowest BCUT2D eigenvalue weighted by Crippen LogP contribution is -2.34. The van der Waals surface area contributed by atoms with Crippen LogP contribution in [0.3, 0.4) is 0 Å². The Bertz CT molecular complexity index is 569. The zero-order valence-corrected chi connectivity index (χ0v) is 12.5. The number of aliphatic hydroxyl groups excluding tert-OH is 1. The Morgan fingerprint density at radius 1 is 1.37 bits per heavy atom. The second-order valence-electron chi connectivity index (χ2n) is 4.16. The highest BCUT2D eigenvalue weighted by Gasteiger charge is 2.30. The van der Waals surface area contributed by atoms with E-state index in [1.807, 2.05) is 25.1 Å². The van der Waals surface area contributed by atoms with Crippen molar-refractivity contribution in [1.29, 1.82) is 0 Å². The van der Waals surface area contributed by atoms with Crippen LogP contribution in [0.15, 0.2) is 30.0 Å². The van der Waals surface area contributed by atoms with Gasteiger partial charge in [-0.05, 0) is 53.3 Å². The highest BCUT2D eigenvalue weighted by molar-refractivity contribution is 14.1. The Labute approximate surface area is 124 Å². The van der Waals surface area contributed by atoms with Gasteiger partial charge in [0.2, 0.25) is 0 Å². The van der Waals surface area contributed by atoms with Crippen molar-refractivity contribution >= 4 is 40.1 Å². The Hall–Kier alpha value is -1.41. The van der Waals surface area contributed by atoms with E-state index in [2.05, 4.69) is 27.9 Å². The van der Waals surface area contributed by atoms with Gasteiger partial charge in [-0.25, -0.2) is 0 Å². The van der Waals surface area contributed by atoms with Gasteiger partial charge in [-0.15, -0.1) is 0 Å². The summed E-state index contributed by atoms with van der Waals surface area (Å²) in [5, 5.41) is 11.8. The maximum Gasteiger partial charge on any atom is 0.277 e. The Morgan fingerprint density at radius 2 is 2.11 bits per heavy atom. The van der Waals surface area contributed by atoms with Crippen LogP contribution in [-0.4, -0.2) is 35.0 Å². The van der Waals surface area contributed by atoms with Crippen molar-refractivity contribution in [3.8, 4) is 0 Å². The van der Waals surface area contributed by atoms with Crippen molar-refractivity contribution in [3.05, 3.63) is 39.1 Å². The summed E-state index contributed by atoms with van der Waals surface area (Å²) in [6.07, 6.45) is 1.26. The van der Waals surface area contributed by atoms with Crippen LogP contribution in [-0.2, 0) is 9.59 Å². The van der Waals surface area contributed by atoms with Gasteiger partial charge < -0.3 is 10.4 Å². The zero-order chi connectivity index (χ0) is 14.0. The van der Waals surface area contributed by atoms with E-state index >= 15 is 0 Å². The lowest BCUT2D eigenvalue weighted by atomic mass is 10.2. The van der Waals surface area contributed by atoms with Gasteiger partial charge in [0.1, 0.15) is 5.70 Å². The van der Waals surface area contributed by atoms with Crippen LogP contribution in [0.25, 0.3) is 0 Å². The summed E-state index contributed by atoms with van der Waals surface area (Å²) in [5.41, 5.74) is 2.02. The fraction of sp³-hybridized carbons (Fsp3) is 0.231. The van der Waals surface area contributed by atoms with E-state index in [0.717, 1.165) is 19.7 Å². The summed E-state index contributed by atoms with van der Waals surface area (Å²) in [5.74, 6) is -0.804. The molecule has 19 heavy (non-hydrogen) atoms. The Morgan fingerprint density at radius 3 is 2.74 bits per heavy atom. The molecule has 6 heteroatoms. The highest BCUT2D eigenvalue weighted by Crippen LogP contribution is 2.22. The quantitative estimate of drug-likeness (QED) is 0.617. The standard InChI is InChI=1S/C13H13IN2O3/c1-8-6-9(14)2-3-10(8)15-11-7-12(18)16(4-5-17)13(11)19/h2-3,6-7,15,17H,4-5H2,1H3. The van der Waals surface area contributed by atoms with Crippen LogP contribution in [0.5, 0.6) is 0 Å². The molecule has 100 valence electrons. The Kier molecular flexibility index (Phi) is 4.20. The van der Waals surface area contributed by atoms with E-state index in [1.165, 1.54) is 6.08 Å². The predicted molar refractivity (Wildman–Crippen MR) is 79.4 cm³/mol. The molecule has 0 fully saturated rings. The molecule has 0 aliphatic carbocycles. The number of carbonyl (C=O) groups is 2. The van der Waals surface area contributed by atoms with E-state index in [0.29, 0.717) is 0 Å². The number of anilines is 1. The molecule has 0 bridgehead atoms. The third-order valence-electron chi connectivity index (χ3n) is 2.79. The van der Waals surface area contributed by atoms with Gasteiger partial charge in [0.25, 0.3) is 11.8 Å². The predicted octanol–water partition coefficient (Wildman–Crippen LogP) is 1.26. The molecule has 1 heterocycles. The fourth-order valence-corrected chi connectivity index (χ4v) is 2.47. The van der Waals surface area contributed by atoms with E-state index in [4.69, 9.17) is 5.11 Å². The molecule has 0 spiro atoms. The van der Waals surface area contributed by atoms with Crippen molar-refractivity contribution in [1.82, 2.24) is 4.90 Å². The number of amides is 2. The van der Waals surface area contributed by atoms with Gasteiger partial charge in [0.05, 0.1) is 13.2 Å². The number of rotatable bonds is 4. The number of imide groups is 1. The zero-order valence-electron chi connectivity index (χ0n) is 10.3. The SMILES string of the molecule is Cc1cc(I)ccc1NC1=CC(=O)N(CCO)C1=O. The fourth-order valence-electron chi connectivity index (χ4n) is 1.82. The van der Waals surface area contributed by atoms with E-state index in [-0.39, 0.29) is 18.8 Å². The second-order valence-corrected chi connectivity index (χ2v) is 5.41. The first-order valence-electron chi connectivity index (χ1n) is 5.74. The molecule has 1 aliphatic rings. The average Bonchev–Trinajstić information content (AvgIpc) is 2.61. The number of carbonyl (C=O) groups excluding carboxylic acids is 2. The van der Waals surface area contributed by atoms with Gasteiger partial charge in [0.15, 0.2) is 0 Å². The topological polar surface area (TPSA) is 69.6 Å². The lowest BCUT2D eigenvalue weighted by Gasteiger charge is -2.14. The van der Waals surface area contributed by atoms with E-state index in [9.17, 15) is 9.59 Å². The molecule has 1 aliphatic heterocycles. The van der Waals surface area contributed by atoms with Gasteiger partial charge in [-0.1, -0.05) is 0 Å². The van der Waals surface area contributed by atoms with Gasteiger partial charge in [-0.2, -0.15) is 0 Å². The van der Waals surface area contributed by atoms with Crippen LogP contribution in [0.4, 0.5) is 5.69 Å². The molecule has 0 saturated heterocycles. The normalized spacial score (nSPS) is 14.9. The molecular weight excluding hydrogens is 359 g/mol. The van der Waals surface area contributed by atoms with Crippen molar-refractivity contribution in [3.63, 3.8) is 0 Å². The number of nitrogens with one attached hydrogen (secondary N) is 1. The maximum atomic E-state index is 12.0. The van der Waals surface area contributed by atoms with Gasteiger partial charge in [-0.3, -0.25) is 14.5 Å². The van der Waals surface area contributed by atoms with Crippen LogP contribution in [0.1, 0.15) is 5.56 Å². The number of aryl methyl sites for hydroxylation is 1. The smallest absolute Gasteiger partial charge is 0.277 e. The molecule has 1 aromatic rings. The second kappa shape index (κ2) is 5.70. The number of β-amino-alcohol motifs (C(OH)–C–C–N with tert-alkyl or cyclic N) is 1. The number of hydrogen-bond acceptors (Lipinski definition) is 4. The third kappa shape index (κ3) is 2.95. The number of nitrogens with zero attached hydrogens (tertiary/aromatic N) is 1. The summed E-state index contributed by atoms with van der Waals surface area (Å²) in [6, 6.07) is 5.77. The first-order valence-corrected chi connectivity index (χ1v) is 6.82. The third-order valence-corrected chi connectivity index (χ3v) is 3.46. The van der Waals surface area contributed by atoms with Crippen LogP contribution >= 0.6 is 22.6 Å². The minimum atomic E-state index is -0.406. The van der Waals surface area contributed by atoms with Gasteiger partial charge >= 0.3 is 0 Å². The molecule has 5 nitrogen and oxygen atoms in total. The van der Waals surface area contributed by atoms with Crippen LogP contribution < -0.4 is 5.32 Å². The summed E-state index contributed by atoms with van der Waals surface area (Å²) in [6.45, 7) is 1.71. The highest BCUT2D eigenvalue weighted by atomic mass is 127. The van der Waals surface area contributed by atoms with Crippen molar-refractivity contribution in [2.45, 2.75) is 6.92 Å². The van der Waals surface area contributed by atoms with E-state index in [1.54, 1.807) is 0 Å². The molecular formula is C13H13IN2O3. The summed E-state index contributed by atoms with van der Waals surface area (Å²) >= 11 is 2.21. The number of hydrogen-bond donors (Lipinski definition) is 2. The monoisotopic (exact) mass is 372 g/mol. The first-order chi connectivity index (χ1) is 9.02. The molecule has 0 unspecified atom stereocenters. The minimum Gasteiger partial charge on any atom is -0.395 e. The number of benzene rings is 1. The molecule has 1 aromatic carbocycles. The molecule has 2 rings (SSSR count). The van der Waals surface area contributed by atoms with Crippen molar-refractivity contribution < 1.29 is 14.7 Å². The maximum absolute atomic E-state index is 12.0. The molecule has 2 amide bonds. The van der Waals surface area contributed by atoms with Crippen molar-refractivity contribution in [2.24, 2.45) is 0 Å². The molecule has 0 aromatic heterocycles. The molecule has 0 saturated carbocycles. The van der Waals surface area contributed by atoms with Gasteiger partial charge in [0, 0.05) is 15.3 Å². The molecule has 2 N–H and O–H groups in total. The average molecular weight is 372 g/mol. The van der Waals surface area contributed by atoms with E-state index < -0.39 is 11.8 Å². The number of halogens is 1. The summed E-state index contributed by atoms with van der Waals surface area (Å²) < 4.78 is 1.10. The minimum absolute atomic E-state index is 0.0189. The molecule has 0 radical (unpaired) electrons. The molecule has 0 atom stereocenters. The van der Waals surface area contributed by atoms with Crippen LogP contribution in [0, 0.1) is 10.5 Å². The van der Waals surface area contributed by atoms with Crippen molar-refractivity contribution in [2.75, 3.05) is 18.5 Å². The lowest BCUT2D eigenvalue weighted by molar-refractivity contribution is -0.137. The Balaban J connectivity index is 2.18. The first kappa shape index (κ1) is 14.0. The largest absolute Gasteiger partial charge is 0.395 e. The van der Waals surface area contributed by atoms with Crippen LogP contribution in [0.2, 0.25) is 0 Å².